The standard InChI is InChI=1S/C18H22ClNO/c1-3-4-5-13-6-8-14(9-7-13)18(20)16-12-15(19)10-11-17(16)21-2/h6-12,18H,3-5,20H2,1-2H3. The zero-order chi connectivity index (χ0) is 15.2. The zero-order valence-electron chi connectivity index (χ0n) is 12.6. The molecule has 0 heterocycles. The minimum Gasteiger partial charge on any atom is -0.496 e. The van der Waals surface area contributed by atoms with Gasteiger partial charge in [0.2, 0.25) is 0 Å². The van der Waals surface area contributed by atoms with E-state index in [1.54, 1.807) is 7.11 Å². The van der Waals surface area contributed by atoms with Crippen LogP contribution in [0.3, 0.4) is 0 Å². The van der Waals surface area contributed by atoms with Gasteiger partial charge in [0.05, 0.1) is 13.2 Å². The Balaban J connectivity index is 2.23. The van der Waals surface area contributed by atoms with E-state index in [-0.39, 0.29) is 6.04 Å². The van der Waals surface area contributed by atoms with Crippen LogP contribution in [0.4, 0.5) is 0 Å². The average molecular weight is 304 g/mol. The summed E-state index contributed by atoms with van der Waals surface area (Å²) in [5, 5.41) is 0.667. The maximum absolute atomic E-state index is 6.37. The molecule has 1 unspecified atom stereocenters. The molecular formula is C18H22ClNO. The van der Waals surface area contributed by atoms with Gasteiger partial charge in [0.15, 0.2) is 0 Å². The Morgan fingerprint density at radius 1 is 1.14 bits per heavy atom. The van der Waals surface area contributed by atoms with E-state index in [1.165, 1.54) is 18.4 Å². The van der Waals surface area contributed by atoms with Gasteiger partial charge < -0.3 is 10.5 Å². The van der Waals surface area contributed by atoms with Gasteiger partial charge in [0.1, 0.15) is 5.75 Å². The average Bonchev–Trinajstić information content (AvgIpc) is 2.52. The van der Waals surface area contributed by atoms with Gasteiger partial charge in [-0.2, -0.15) is 0 Å². The first-order chi connectivity index (χ1) is 10.2. The van der Waals surface area contributed by atoms with Crippen LogP contribution >= 0.6 is 11.6 Å². The lowest BCUT2D eigenvalue weighted by atomic mass is 9.97. The Morgan fingerprint density at radius 3 is 2.48 bits per heavy atom. The van der Waals surface area contributed by atoms with Crippen molar-refractivity contribution in [2.75, 3.05) is 7.11 Å². The van der Waals surface area contributed by atoms with Crippen LogP contribution in [0.25, 0.3) is 0 Å². The van der Waals surface area contributed by atoms with E-state index >= 15 is 0 Å². The monoisotopic (exact) mass is 303 g/mol. The van der Waals surface area contributed by atoms with Crippen molar-refractivity contribution in [3.63, 3.8) is 0 Å². The van der Waals surface area contributed by atoms with Crippen LogP contribution in [-0.2, 0) is 6.42 Å². The van der Waals surface area contributed by atoms with Gasteiger partial charge in [-0.15, -0.1) is 0 Å². The number of hydrogen-bond donors (Lipinski definition) is 1. The summed E-state index contributed by atoms with van der Waals surface area (Å²) in [5.41, 5.74) is 9.70. The molecule has 2 rings (SSSR count). The van der Waals surface area contributed by atoms with Gasteiger partial charge in [0.25, 0.3) is 0 Å². The normalized spacial score (nSPS) is 12.2. The molecule has 0 saturated carbocycles. The maximum Gasteiger partial charge on any atom is 0.124 e. The number of rotatable bonds is 6. The Labute approximate surface area is 131 Å². The molecule has 2 aromatic rings. The summed E-state index contributed by atoms with van der Waals surface area (Å²) < 4.78 is 5.38. The topological polar surface area (TPSA) is 35.2 Å². The Kier molecular flexibility index (Phi) is 5.66. The molecule has 0 fully saturated rings. The van der Waals surface area contributed by atoms with Crippen LogP contribution in [0, 0.1) is 0 Å². The second-order valence-corrected chi connectivity index (χ2v) is 5.65. The van der Waals surface area contributed by atoms with E-state index in [4.69, 9.17) is 22.1 Å². The fourth-order valence-corrected chi connectivity index (χ4v) is 2.58. The molecule has 112 valence electrons. The number of ether oxygens (including phenoxy) is 1. The number of methoxy groups -OCH3 is 1. The minimum absolute atomic E-state index is 0.237. The summed E-state index contributed by atoms with van der Waals surface area (Å²) >= 11 is 6.08. The molecule has 0 aliphatic rings. The summed E-state index contributed by atoms with van der Waals surface area (Å²) in [6.45, 7) is 2.20. The van der Waals surface area contributed by atoms with E-state index in [9.17, 15) is 0 Å². The third-order valence-electron chi connectivity index (χ3n) is 3.68. The van der Waals surface area contributed by atoms with Crippen molar-refractivity contribution in [3.8, 4) is 5.75 Å². The number of hydrogen-bond acceptors (Lipinski definition) is 2. The Morgan fingerprint density at radius 2 is 1.86 bits per heavy atom. The largest absolute Gasteiger partial charge is 0.496 e. The third kappa shape index (κ3) is 3.99. The molecule has 0 bridgehead atoms. The predicted molar refractivity (Wildman–Crippen MR) is 89.1 cm³/mol. The second kappa shape index (κ2) is 7.48. The van der Waals surface area contributed by atoms with Crippen LogP contribution in [0.15, 0.2) is 42.5 Å². The first-order valence-electron chi connectivity index (χ1n) is 7.33. The van der Waals surface area contributed by atoms with Crippen molar-refractivity contribution in [3.05, 3.63) is 64.2 Å². The molecule has 21 heavy (non-hydrogen) atoms. The summed E-state index contributed by atoms with van der Waals surface area (Å²) in [4.78, 5) is 0. The molecule has 2 aromatic carbocycles. The van der Waals surface area contributed by atoms with E-state index in [1.807, 2.05) is 18.2 Å². The molecule has 1 atom stereocenters. The number of benzene rings is 2. The molecule has 3 heteroatoms. The molecular weight excluding hydrogens is 282 g/mol. The molecule has 0 spiro atoms. The molecule has 2 nitrogen and oxygen atoms in total. The number of halogens is 1. The Bertz CT molecular complexity index is 580. The van der Waals surface area contributed by atoms with Gasteiger partial charge in [-0.05, 0) is 42.2 Å². The second-order valence-electron chi connectivity index (χ2n) is 5.21. The van der Waals surface area contributed by atoms with Crippen molar-refractivity contribution in [1.29, 1.82) is 0 Å². The highest BCUT2D eigenvalue weighted by Crippen LogP contribution is 2.31. The van der Waals surface area contributed by atoms with Crippen LogP contribution in [-0.4, -0.2) is 7.11 Å². The number of unbranched alkanes of at least 4 members (excludes halogenated alkanes) is 1. The summed E-state index contributed by atoms with van der Waals surface area (Å²) in [7, 11) is 1.65. The summed E-state index contributed by atoms with van der Waals surface area (Å²) in [5.74, 6) is 0.766. The minimum atomic E-state index is -0.237. The predicted octanol–water partition coefficient (Wildman–Crippen LogP) is 4.74. The van der Waals surface area contributed by atoms with Gasteiger partial charge in [0, 0.05) is 10.6 Å². The van der Waals surface area contributed by atoms with Crippen molar-refractivity contribution < 1.29 is 4.74 Å². The lowest BCUT2D eigenvalue weighted by Crippen LogP contribution is -2.13. The quantitative estimate of drug-likeness (QED) is 0.836. The van der Waals surface area contributed by atoms with Gasteiger partial charge in [-0.25, -0.2) is 0 Å². The Hall–Kier alpha value is -1.51. The molecule has 0 aliphatic carbocycles. The van der Waals surface area contributed by atoms with Crippen molar-refractivity contribution in [2.24, 2.45) is 5.73 Å². The van der Waals surface area contributed by atoms with Crippen LogP contribution < -0.4 is 10.5 Å². The smallest absolute Gasteiger partial charge is 0.124 e. The highest BCUT2D eigenvalue weighted by atomic mass is 35.5. The van der Waals surface area contributed by atoms with E-state index in [0.717, 1.165) is 23.3 Å². The SMILES string of the molecule is CCCCc1ccc(C(N)c2cc(Cl)ccc2OC)cc1. The highest BCUT2D eigenvalue weighted by molar-refractivity contribution is 6.30. The van der Waals surface area contributed by atoms with Crippen LogP contribution in [0.2, 0.25) is 5.02 Å². The first-order valence-corrected chi connectivity index (χ1v) is 7.71. The van der Waals surface area contributed by atoms with Crippen molar-refractivity contribution >= 4 is 11.6 Å². The lowest BCUT2D eigenvalue weighted by Gasteiger charge is -2.17. The van der Waals surface area contributed by atoms with Gasteiger partial charge in [-0.3, -0.25) is 0 Å². The maximum atomic E-state index is 6.37. The first kappa shape index (κ1) is 15.9. The number of nitrogens with two attached hydrogens (primary N) is 1. The fraction of sp³-hybridized carbons (Fsp3) is 0.333. The fourth-order valence-electron chi connectivity index (χ4n) is 2.40. The van der Waals surface area contributed by atoms with E-state index in [0.29, 0.717) is 5.02 Å². The lowest BCUT2D eigenvalue weighted by molar-refractivity contribution is 0.408. The van der Waals surface area contributed by atoms with Crippen molar-refractivity contribution in [1.82, 2.24) is 0 Å². The molecule has 0 radical (unpaired) electrons. The molecule has 0 amide bonds. The van der Waals surface area contributed by atoms with Crippen molar-refractivity contribution in [2.45, 2.75) is 32.2 Å². The number of aryl methyl sites for hydroxylation is 1. The van der Waals surface area contributed by atoms with Crippen LogP contribution in [0.5, 0.6) is 5.75 Å². The molecule has 0 aromatic heterocycles. The molecule has 2 N–H and O–H groups in total. The summed E-state index contributed by atoms with van der Waals surface area (Å²) in [6.07, 6.45) is 3.54. The van der Waals surface area contributed by atoms with Gasteiger partial charge >= 0.3 is 0 Å². The van der Waals surface area contributed by atoms with E-state index in [2.05, 4.69) is 31.2 Å². The third-order valence-corrected chi connectivity index (χ3v) is 3.92. The zero-order valence-corrected chi connectivity index (χ0v) is 13.4. The molecule has 0 aliphatic heterocycles. The summed E-state index contributed by atoms with van der Waals surface area (Å²) in [6, 6.07) is 13.8. The highest BCUT2D eigenvalue weighted by Gasteiger charge is 2.14. The molecule has 0 saturated heterocycles. The van der Waals surface area contributed by atoms with Gasteiger partial charge in [-0.1, -0.05) is 49.2 Å². The van der Waals surface area contributed by atoms with E-state index < -0.39 is 0 Å². The van der Waals surface area contributed by atoms with Crippen LogP contribution in [0.1, 0.15) is 42.5 Å².